The second kappa shape index (κ2) is 7.91. The number of hydrogen-bond donors (Lipinski definition) is 2. The van der Waals surface area contributed by atoms with E-state index in [0.29, 0.717) is 11.4 Å². The van der Waals surface area contributed by atoms with Gasteiger partial charge in [0.25, 0.3) is 0 Å². The van der Waals surface area contributed by atoms with E-state index >= 15 is 0 Å². The van der Waals surface area contributed by atoms with E-state index in [1.54, 1.807) is 25.4 Å². The lowest BCUT2D eigenvalue weighted by Crippen LogP contribution is -2.27. The Balaban J connectivity index is 1.81. The molecule has 2 aromatic rings. The predicted octanol–water partition coefficient (Wildman–Crippen LogP) is 2.43. The van der Waals surface area contributed by atoms with Gasteiger partial charge in [-0.1, -0.05) is 18.2 Å². The third-order valence-corrected chi connectivity index (χ3v) is 3.22. The first-order valence-corrected chi connectivity index (χ1v) is 6.91. The van der Waals surface area contributed by atoms with Crippen molar-refractivity contribution in [3.63, 3.8) is 0 Å². The van der Waals surface area contributed by atoms with Gasteiger partial charge in [-0.3, -0.25) is 9.71 Å². The Bertz CT molecular complexity index is 619. The summed E-state index contributed by atoms with van der Waals surface area (Å²) < 4.78 is 7.80. The maximum absolute atomic E-state index is 11.6. The smallest absolute Gasteiger partial charge is 0.345 e. The molecule has 2 N–H and O–H groups in total. The normalized spacial score (nSPS) is 10.3. The number of aromatic nitrogens is 1. The molecular weight excluding hydrogens is 288 g/mol. The van der Waals surface area contributed by atoms with E-state index in [-0.39, 0.29) is 0 Å². The molecule has 2 rings (SSSR count). The van der Waals surface area contributed by atoms with Crippen LogP contribution in [-0.2, 0) is 0 Å². The summed E-state index contributed by atoms with van der Waals surface area (Å²) in [7, 11) is 1.58. The van der Waals surface area contributed by atoms with Gasteiger partial charge in [0.1, 0.15) is 5.75 Å². The third-order valence-electron chi connectivity index (χ3n) is 2.37. The summed E-state index contributed by atoms with van der Waals surface area (Å²) in [5, 5.41) is 3.80. The van der Waals surface area contributed by atoms with Crippen molar-refractivity contribution >= 4 is 24.2 Å². The number of carbonyl (C=O) groups excluding carboxylic acids is 1. The Morgan fingerprint density at radius 3 is 2.86 bits per heavy atom. The van der Waals surface area contributed by atoms with Gasteiger partial charge in [-0.2, -0.15) is 5.10 Å². The SMILES string of the molecule is COc1ccccc1SNC(=O)N/N=C/c1ccccn1. The van der Waals surface area contributed by atoms with Gasteiger partial charge in [-0.15, -0.1) is 0 Å². The topological polar surface area (TPSA) is 75.6 Å². The van der Waals surface area contributed by atoms with Crippen molar-refractivity contribution in [3.8, 4) is 5.75 Å². The zero-order valence-corrected chi connectivity index (χ0v) is 12.1. The highest BCUT2D eigenvalue weighted by Crippen LogP contribution is 2.26. The van der Waals surface area contributed by atoms with Gasteiger partial charge in [0.15, 0.2) is 0 Å². The molecule has 0 unspecified atom stereocenters. The molecule has 0 saturated carbocycles. The largest absolute Gasteiger partial charge is 0.496 e. The lowest BCUT2D eigenvalue weighted by atomic mass is 10.3. The van der Waals surface area contributed by atoms with Crippen LogP contribution in [0, 0.1) is 0 Å². The van der Waals surface area contributed by atoms with Crippen LogP contribution in [0.3, 0.4) is 0 Å². The number of urea groups is 1. The Labute approximate surface area is 126 Å². The molecule has 0 aliphatic carbocycles. The number of hydrazone groups is 1. The van der Waals surface area contributed by atoms with Crippen LogP contribution >= 0.6 is 11.9 Å². The minimum absolute atomic E-state index is 0.432. The summed E-state index contributed by atoms with van der Waals surface area (Å²) in [5.41, 5.74) is 3.02. The molecule has 2 amide bonds. The van der Waals surface area contributed by atoms with Crippen LogP contribution in [0.2, 0.25) is 0 Å². The van der Waals surface area contributed by atoms with Crippen molar-refractivity contribution in [1.82, 2.24) is 15.1 Å². The fourth-order valence-electron chi connectivity index (χ4n) is 1.44. The third kappa shape index (κ3) is 4.81. The van der Waals surface area contributed by atoms with Crippen molar-refractivity contribution in [3.05, 3.63) is 54.4 Å². The number of benzene rings is 1. The molecule has 1 aromatic heterocycles. The molecule has 1 aromatic carbocycles. The molecule has 0 bridgehead atoms. The van der Waals surface area contributed by atoms with Crippen LogP contribution in [0.5, 0.6) is 5.75 Å². The van der Waals surface area contributed by atoms with E-state index in [1.165, 1.54) is 6.21 Å². The van der Waals surface area contributed by atoms with Crippen molar-refractivity contribution in [2.75, 3.05) is 7.11 Å². The van der Waals surface area contributed by atoms with E-state index in [2.05, 4.69) is 20.2 Å². The molecule has 1 heterocycles. The average molecular weight is 302 g/mol. The molecule has 0 atom stereocenters. The zero-order chi connectivity index (χ0) is 14.9. The van der Waals surface area contributed by atoms with Crippen LogP contribution in [0.4, 0.5) is 4.79 Å². The minimum Gasteiger partial charge on any atom is -0.496 e. The van der Waals surface area contributed by atoms with E-state index in [4.69, 9.17) is 4.74 Å². The quantitative estimate of drug-likeness (QED) is 0.505. The van der Waals surface area contributed by atoms with Crippen LogP contribution in [0.1, 0.15) is 5.69 Å². The number of amides is 2. The van der Waals surface area contributed by atoms with Crippen molar-refractivity contribution < 1.29 is 9.53 Å². The molecule has 0 fully saturated rings. The first-order valence-electron chi connectivity index (χ1n) is 6.09. The summed E-state index contributed by atoms with van der Waals surface area (Å²) in [4.78, 5) is 16.4. The first-order chi connectivity index (χ1) is 10.3. The summed E-state index contributed by atoms with van der Waals surface area (Å²) in [6.45, 7) is 0. The molecule has 7 heteroatoms. The van der Waals surface area contributed by atoms with Gasteiger partial charge in [0, 0.05) is 6.20 Å². The van der Waals surface area contributed by atoms with Gasteiger partial charge in [0.05, 0.1) is 23.9 Å². The zero-order valence-electron chi connectivity index (χ0n) is 11.3. The van der Waals surface area contributed by atoms with Crippen molar-refractivity contribution in [2.45, 2.75) is 4.90 Å². The number of para-hydroxylation sites is 1. The highest BCUT2D eigenvalue weighted by Gasteiger charge is 2.04. The standard InChI is InChI=1S/C14H14N4O2S/c1-20-12-7-2-3-8-13(12)21-18-14(19)17-16-10-11-6-4-5-9-15-11/h2-10H,1H3,(H2,17,18,19)/b16-10+. The van der Waals surface area contributed by atoms with Crippen LogP contribution < -0.4 is 14.9 Å². The van der Waals surface area contributed by atoms with Gasteiger partial charge in [-0.05, 0) is 36.2 Å². The molecule has 0 saturated heterocycles. The maximum atomic E-state index is 11.6. The number of methoxy groups -OCH3 is 1. The molecule has 0 aliphatic heterocycles. The van der Waals surface area contributed by atoms with Crippen molar-refractivity contribution in [1.29, 1.82) is 0 Å². The van der Waals surface area contributed by atoms with Crippen LogP contribution in [0.15, 0.2) is 58.7 Å². The maximum Gasteiger partial charge on any atom is 0.345 e. The Hall–Kier alpha value is -2.54. The van der Waals surface area contributed by atoms with E-state index < -0.39 is 6.03 Å². The Morgan fingerprint density at radius 1 is 1.29 bits per heavy atom. The number of nitrogens with zero attached hydrogens (tertiary/aromatic N) is 2. The second-order valence-electron chi connectivity index (χ2n) is 3.81. The highest BCUT2D eigenvalue weighted by atomic mass is 32.2. The van der Waals surface area contributed by atoms with Crippen LogP contribution in [0.25, 0.3) is 0 Å². The minimum atomic E-state index is -0.432. The molecule has 108 valence electrons. The molecular formula is C14H14N4O2S. The Morgan fingerprint density at radius 2 is 2.10 bits per heavy atom. The first kappa shape index (κ1) is 14.9. The van der Waals surface area contributed by atoms with E-state index in [1.807, 2.05) is 30.3 Å². The van der Waals surface area contributed by atoms with Gasteiger partial charge in [0.2, 0.25) is 0 Å². The van der Waals surface area contributed by atoms with E-state index in [0.717, 1.165) is 16.8 Å². The molecule has 21 heavy (non-hydrogen) atoms. The van der Waals surface area contributed by atoms with Gasteiger partial charge >= 0.3 is 6.03 Å². The summed E-state index contributed by atoms with van der Waals surface area (Å²) in [6.07, 6.45) is 3.12. The number of carbonyl (C=O) groups is 1. The predicted molar refractivity (Wildman–Crippen MR) is 82.3 cm³/mol. The number of rotatable bonds is 5. The molecule has 0 spiro atoms. The van der Waals surface area contributed by atoms with Crippen LogP contribution in [-0.4, -0.2) is 24.3 Å². The summed E-state index contributed by atoms with van der Waals surface area (Å²) >= 11 is 1.15. The Kier molecular flexibility index (Phi) is 5.60. The molecule has 0 radical (unpaired) electrons. The monoisotopic (exact) mass is 302 g/mol. The number of nitrogens with one attached hydrogen (secondary N) is 2. The molecule has 6 nitrogen and oxygen atoms in total. The number of pyridine rings is 1. The second-order valence-corrected chi connectivity index (χ2v) is 4.66. The fourth-order valence-corrected chi connectivity index (χ4v) is 2.08. The highest BCUT2D eigenvalue weighted by molar-refractivity contribution is 7.98. The number of hydrogen-bond acceptors (Lipinski definition) is 5. The van der Waals surface area contributed by atoms with E-state index in [9.17, 15) is 4.79 Å². The molecule has 0 aliphatic rings. The van der Waals surface area contributed by atoms with Crippen molar-refractivity contribution in [2.24, 2.45) is 5.10 Å². The lowest BCUT2D eigenvalue weighted by molar-refractivity contribution is 0.247. The lowest BCUT2D eigenvalue weighted by Gasteiger charge is -2.07. The number of ether oxygens (including phenoxy) is 1. The summed E-state index contributed by atoms with van der Waals surface area (Å²) in [6, 6.07) is 12.4. The van der Waals surface area contributed by atoms with Gasteiger partial charge in [-0.25, -0.2) is 10.2 Å². The average Bonchev–Trinajstić information content (AvgIpc) is 2.54. The summed E-state index contributed by atoms with van der Waals surface area (Å²) in [5.74, 6) is 0.694. The van der Waals surface area contributed by atoms with Gasteiger partial charge < -0.3 is 4.74 Å². The fraction of sp³-hybridized carbons (Fsp3) is 0.0714.